The summed E-state index contributed by atoms with van der Waals surface area (Å²) in [5.74, 6) is 0.253. The maximum atomic E-state index is 12.7. The largest absolute Gasteiger partial charge is 0.405 e. The highest BCUT2D eigenvalue weighted by molar-refractivity contribution is 7.21. The first kappa shape index (κ1) is 29.7. The molecular formula is C24H35F3N6O2S. The topological polar surface area (TPSA) is 105 Å². The number of aliphatic hydroxyl groups excluding tert-OH is 1. The Morgan fingerprint density at radius 3 is 2.44 bits per heavy atom. The van der Waals surface area contributed by atoms with Crippen LogP contribution in [0.1, 0.15) is 45.5 Å². The first-order valence-electron chi connectivity index (χ1n) is 11.5. The van der Waals surface area contributed by atoms with Gasteiger partial charge < -0.3 is 20.5 Å². The number of ether oxygens (including phenoxy) is 1. The molecular weight excluding hydrogens is 493 g/mol. The maximum absolute atomic E-state index is 12.7. The molecule has 3 aromatic heterocycles. The van der Waals surface area contributed by atoms with Crippen LogP contribution >= 0.6 is 11.3 Å². The second kappa shape index (κ2) is 12.6. The molecule has 0 saturated heterocycles. The van der Waals surface area contributed by atoms with E-state index < -0.39 is 12.7 Å². The number of anilines is 2. The van der Waals surface area contributed by atoms with Crippen LogP contribution in [0.15, 0.2) is 12.3 Å². The van der Waals surface area contributed by atoms with Gasteiger partial charge in [-0.25, -0.2) is 9.97 Å². The van der Waals surface area contributed by atoms with Crippen molar-refractivity contribution in [3.8, 4) is 10.6 Å². The summed E-state index contributed by atoms with van der Waals surface area (Å²) < 4.78 is 44.7. The van der Waals surface area contributed by atoms with Crippen molar-refractivity contribution in [3.05, 3.63) is 23.7 Å². The van der Waals surface area contributed by atoms with Crippen molar-refractivity contribution in [1.29, 1.82) is 0 Å². The molecule has 3 N–H and O–H groups in total. The molecule has 4 rings (SSSR count). The van der Waals surface area contributed by atoms with Gasteiger partial charge in [0.25, 0.3) is 0 Å². The van der Waals surface area contributed by atoms with E-state index in [1.54, 1.807) is 20.2 Å². The Balaban J connectivity index is 0.00000148. The predicted octanol–water partition coefficient (Wildman–Crippen LogP) is 5.60. The second-order valence-electron chi connectivity index (χ2n) is 8.12. The summed E-state index contributed by atoms with van der Waals surface area (Å²) >= 11 is 1.45. The third-order valence-electron chi connectivity index (χ3n) is 5.75. The molecule has 1 aliphatic rings. The van der Waals surface area contributed by atoms with Crippen LogP contribution in [0.3, 0.4) is 0 Å². The molecule has 3 atom stereocenters. The number of pyridine rings is 1. The minimum atomic E-state index is -4.40. The molecule has 1 unspecified atom stereocenters. The summed E-state index contributed by atoms with van der Waals surface area (Å²) in [4.78, 5) is 17.7. The summed E-state index contributed by atoms with van der Waals surface area (Å²) in [6.45, 7) is 6.35. The molecule has 0 amide bonds. The van der Waals surface area contributed by atoms with Gasteiger partial charge >= 0.3 is 6.18 Å². The number of halogens is 3. The molecule has 0 radical (unpaired) electrons. The number of aryl methyl sites for hydroxylation is 2. The molecule has 36 heavy (non-hydrogen) atoms. The van der Waals surface area contributed by atoms with Crippen molar-refractivity contribution >= 4 is 33.3 Å². The Morgan fingerprint density at radius 2 is 1.86 bits per heavy atom. The monoisotopic (exact) mass is 528 g/mol. The van der Waals surface area contributed by atoms with E-state index in [1.807, 2.05) is 26.8 Å². The van der Waals surface area contributed by atoms with E-state index in [0.29, 0.717) is 34.9 Å². The van der Waals surface area contributed by atoms with Gasteiger partial charge in [0.2, 0.25) is 5.95 Å². The molecule has 0 bridgehead atoms. The van der Waals surface area contributed by atoms with Crippen LogP contribution in [0.25, 0.3) is 20.8 Å². The second-order valence-corrected chi connectivity index (χ2v) is 9.15. The van der Waals surface area contributed by atoms with Gasteiger partial charge in [0.15, 0.2) is 0 Å². The number of hydrogen-bond donors (Lipinski definition) is 3. The van der Waals surface area contributed by atoms with Gasteiger partial charge in [-0.15, -0.1) is 11.3 Å². The van der Waals surface area contributed by atoms with Crippen LogP contribution in [-0.4, -0.2) is 63.6 Å². The summed E-state index contributed by atoms with van der Waals surface area (Å²) in [6, 6.07) is 1.80. The molecule has 3 aromatic rings. The lowest BCUT2D eigenvalue weighted by Gasteiger charge is -2.18. The standard InChI is InChI=1S/C21H25F3N6O2S.C2H6.CH4/c1-10-16(19-29-17-11(2)25-5-4-15(17)33-19)18(30-20(27-10)26-9-21(22,23)24)28-13-6-12(8-31)14(7-13)32-3;1-2;/h4-5,12-14,31H,6-9H2,1-3H3,(H2,26,27,28,30);1-2H3;1H4/t12-,13-,14?;;/m1../s1. The molecule has 0 aliphatic heterocycles. The van der Waals surface area contributed by atoms with Crippen molar-refractivity contribution in [2.75, 3.05) is 30.9 Å². The smallest absolute Gasteiger partial charge is 0.396 e. The molecule has 1 aliphatic carbocycles. The number of rotatable bonds is 7. The average Bonchev–Trinajstić information content (AvgIpc) is 3.43. The van der Waals surface area contributed by atoms with E-state index >= 15 is 0 Å². The van der Waals surface area contributed by atoms with E-state index in [4.69, 9.17) is 9.72 Å². The van der Waals surface area contributed by atoms with Gasteiger partial charge in [-0.2, -0.15) is 18.2 Å². The number of alkyl halides is 3. The Bertz CT molecular complexity index is 1130. The minimum Gasteiger partial charge on any atom is -0.396 e. The SMILES string of the molecule is C.CC.COC1C[C@H](Nc2nc(NCC(F)(F)F)nc(C)c2-c2nc3c(C)nccc3s2)C[C@@H]1CO. The molecule has 200 valence electrons. The van der Waals surface area contributed by atoms with E-state index in [2.05, 4.69) is 25.6 Å². The predicted molar refractivity (Wildman–Crippen MR) is 139 cm³/mol. The van der Waals surface area contributed by atoms with Crippen molar-refractivity contribution in [2.24, 2.45) is 5.92 Å². The molecule has 0 spiro atoms. The average molecular weight is 529 g/mol. The third-order valence-corrected chi connectivity index (χ3v) is 6.79. The first-order valence-corrected chi connectivity index (χ1v) is 12.3. The van der Waals surface area contributed by atoms with Crippen LogP contribution in [0.4, 0.5) is 24.9 Å². The van der Waals surface area contributed by atoms with Gasteiger partial charge in [0.05, 0.1) is 27.8 Å². The Morgan fingerprint density at radius 1 is 1.14 bits per heavy atom. The lowest BCUT2D eigenvalue weighted by atomic mass is 10.1. The third kappa shape index (κ3) is 6.80. The molecule has 8 nitrogen and oxygen atoms in total. The van der Waals surface area contributed by atoms with Crippen LogP contribution < -0.4 is 10.6 Å². The van der Waals surface area contributed by atoms with Gasteiger partial charge in [-0.1, -0.05) is 21.3 Å². The Kier molecular flexibility index (Phi) is 10.4. The number of nitrogens with one attached hydrogen (secondary N) is 2. The van der Waals surface area contributed by atoms with Crippen LogP contribution in [-0.2, 0) is 4.74 Å². The fourth-order valence-corrected chi connectivity index (χ4v) is 5.27. The van der Waals surface area contributed by atoms with Crippen molar-refractivity contribution in [3.63, 3.8) is 0 Å². The minimum absolute atomic E-state index is 0. The van der Waals surface area contributed by atoms with E-state index in [0.717, 1.165) is 15.9 Å². The molecule has 3 heterocycles. The number of nitrogens with zero attached hydrogens (tertiary/aromatic N) is 4. The van der Waals surface area contributed by atoms with Gasteiger partial charge in [0, 0.05) is 31.9 Å². The number of fused-ring (bicyclic) bond motifs is 1. The molecule has 1 saturated carbocycles. The summed E-state index contributed by atoms with van der Waals surface area (Å²) in [7, 11) is 1.60. The van der Waals surface area contributed by atoms with Gasteiger partial charge in [-0.05, 0) is 32.8 Å². The summed E-state index contributed by atoms with van der Waals surface area (Å²) in [5, 5.41) is 15.9. The van der Waals surface area contributed by atoms with E-state index in [-0.39, 0.29) is 38.0 Å². The van der Waals surface area contributed by atoms with Gasteiger partial charge in [0.1, 0.15) is 22.9 Å². The van der Waals surface area contributed by atoms with Crippen molar-refractivity contribution < 1.29 is 23.0 Å². The Hall–Kier alpha value is -2.57. The van der Waals surface area contributed by atoms with Gasteiger partial charge in [-0.3, -0.25) is 4.98 Å². The Labute approximate surface area is 213 Å². The number of aliphatic hydroxyl groups is 1. The molecule has 1 fully saturated rings. The van der Waals surface area contributed by atoms with Crippen LogP contribution in [0, 0.1) is 19.8 Å². The first-order chi connectivity index (χ1) is 16.7. The summed E-state index contributed by atoms with van der Waals surface area (Å²) in [6.07, 6.45) is -1.51. The highest BCUT2D eigenvalue weighted by Gasteiger charge is 2.35. The van der Waals surface area contributed by atoms with E-state index in [1.165, 1.54) is 11.3 Å². The zero-order valence-electron chi connectivity index (χ0n) is 20.4. The maximum Gasteiger partial charge on any atom is 0.405 e. The molecule has 0 aromatic carbocycles. The van der Waals surface area contributed by atoms with Crippen molar-refractivity contribution in [2.45, 2.75) is 66.3 Å². The lowest BCUT2D eigenvalue weighted by molar-refractivity contribution is -0.115. The van der Waals surface area contributed by atoms with E-state index in [9.17, 15) is 18.3 Å². The number of methoxy groups -OCH3 is 1. The fraction of sp³-hybridized carbons (Fsp3) is 0.583. The lowest BCUT2D eigenvalue weighted by Crippen LogP contribution is -2.24. The van der Waals surface area contributed by atoms with Crippen LogP contribution in [0.2, 0.25) is 0 Å². The van der Waals surface area contributed by atoms with Crippen molar-refractivity contribution in [1.82, 2.24) is 19.9 Å². The molecule has 12 heteroatoms. The highest BCUT2D eigenvalue weighted by atomic mass is 32.1. The fourth-order valence-electron chi connectivity index (χ4n) is 4.16. The summed E-state index contributed by atoms with van der Waals surface area (Å²) in [5.41, 5.74) is 2.69. The number of hydrogen-bond acceptors (Lipinski definition) is 9. The normalized spacial score (nSPS) is 19.4. The van der Waals surface area contributed by atoms with Crippen LogP contribution in [0.5, 0.6) is 0 Å². The zero-order valence-corrected chi connectivity index (χ0v) is 21.2. The zero-order chi connectivity index (χ0) is 25.8. The number of aromatic nitrogens is 4. The highest BCUT2D eigenvalue weighted by Crippen LogP contribution is 2.38. The number of thiazole rings is 1. The quantitative estimate of drug-likeness (QED) is 0.364.